The topological polar surface area (TPSA) is 78.9 Å². The van der Waals surface area contributed by atoms with Gasteiger partial charge in [-0.1, -0.05) is 24.3 Å². The van der Waals surface area contributed by atoms with E-state index in [2.05, 4.69) is 20.7 Å². The van der Waals surface area contributed by atoms with E-state index in [1.54, 1.807) is 0 Å². The van der Waals surface area contributed by atoms with Crippen molar-refractivity contribution in [1.82, 2.24) is 0 Å². The number of carbonyl (C=O) groups excluding carboxylic acids is 1. The molecule has 28 heavy (non-hydrogen) atoms. The molecule has 0 saturated carbocycles. The number of carbonyl (C=O) groups is 1. The van der Waals surface area contributed by atoms with E-state index in [0.29, 0.717) is 0 Å². The second-order valence-electron chi connectivity index (χ2n) is 5.47. The first kappa shape index (κ1) is 22.2. The normalized spacial score (nSPS) is 14.1. The first-order valence-corrected chi connectivity index (χ1v) is 10.6. The van der Waals surface area contributed by atoms with Gasteiger partial charge in [0.1, 0.15) is 5.75 Å². The number of alkyl halides is 3. The van der Waals surface area contributed by atoms with Gasteiger partial charge in [-0.2, -0.15) is 33.4 Å². The third-order valence-corrected chi connectivity index (χ3v) is 5.63. The number of benzene rings is 2. The van der Waals surface area contributed by atoms with Crippen molar-refractivity contribution >= 4 is 38.8 Å². The van der Waals surface area contributed by atoms with Crippen LogP contribution in [0.4, 0.5) is 18.0 Å². The molecule has 6 nitrogen and oxygen atoms in total. The minimum absolute atomic E-state index is 0.0155. The second kappa shape index (κ2) is 9.37. The molecule has 0 radical (unpaired) electrons. The predicted molar refractivity (Wildman–Crippen MR) is 99.1 cm³/mol. The number of hydrogen-bond donors (Lipinski definition) is 0. The maximum absolute atomic E-state index is 12.4. The van der Waals surface area contributed by atoms with Crippen LogP contribution >= 0.6 is 11.8 Å². The lowest BCUT2D eigenvalue weighted by molar-refractivity contribution is -0.0499. The molecule has 1 aliphatic heterocycles. The van der Waals surface area contributed by atoms with Crippen LogP contribution in [-0.4, -0.2) is 38.7 Å². The Hall–Kier alpha value is -2.14. The smallest absolute Gasteiger partial charge is 0.437 e. The van der Waals surface area contributed by atoms with E-state index in [9.17, 15) is 26.4 Å². The number of hydrogen-bond acceptors (Lipinski definition) is 7. The van der Waals surface area contributed by atoms with Crippen molar-refractivity contribution in [1.29, 1.82) is 0 Å². The monoisotopic (exact) mass is 438 g/mol. The molecule has 0 aromatic heterocycles. The lowest BCUT2D eigenvalue weighted by Gasteiger charge is -2.13. The molecule has 1 fully saturated rings. The standard InChI is InChI=1S/C13H9F3O6S.C4H8S/c1-20-12(17)21-10-6-7-11(9-5-3-2-4-8(9)10)22-23(18,19)13(14,15)16;1-2-4-5-3-1/h2-7H,1H3;1-4H2. The number of halogens is 3. The lowest BCUT2D eigenvalue weighted by atomic mass is 10.1. The van der Waals surface area contributed by atoms with E-state index in [1.807, 2.05) is 0 Å². The van der Waals surface area contributed by atoms with Crippen molar-refractivity contribution in [2.45, 2.75) is 18.3 Å². The summed E-state index contributed by atoms with van der Waals surface area (Å²) in [5.41, 5.74) is -5.56. The van der Waals surface area contributed by atoms with Crippen molar-refractivity contribution < 1.29 is 40.0 Å². The first-order chi connectivity index (χ1) is 13.2. The molecule has 0 aliphatic carbocycles. The fourth-order valence-corrected chi connectivity index (χ4v) is 3.71. The van der Waals surface area contributed by atoms with E-state index < -0.39 is 27.5 Å². The maximum Gasteiger partial charge on any atom is 0.534 e. The van der Waals surface area contributed by atoms with E-state index in [0.717, 1.165) is 19.2 Å². The van der Waals surface area contributed by atoms with Gasteiger partial charge in [0, 0.05) is 10.8 Å². The van der Waals surface area contributed by atoms with Crippen molar-refractivity contribution in [2.75, 3.05) is 18.6 Å². The van der Waals surface area contributed by atoms with Gasteiger partial charge in [-0.25, -0.2) is 4.79 Å². The van der Waals surface area contributed by atoms with Crippen LogP contribution in [0.15, 0.2) is 36.4 Å². The summed E-state index contributed by atoms with van der Waals surface area (Å²) in [4.78, 5) is 11.1. The molecule has 0 unspecified atom stereocenters. The Morgan fingerprint density at radius 3 is 2.00 bits per heavy atom. The SMILES string of the molecule is C1CCSC1.COC(=O)Oc1ccc(OS(=O)(=O)C(F)(F)F)c2ccccc12. The molecule has 3 rings (SSSR count). The van der Waals surface area contributed by atoms with Crippen molar-refractivity contribution in [2.24, 2.45) is 0 Å². The molecule has 0 bridgehead atoms. The number of methoxy groups -OCH3 is 1. The minimum atomic E-state index is -5.82. The Kier molecular flexibility index (Phi) is 7.41. The number of fused-ring (bicyclic) bond motifs is 1. The van der Waals surface area contributed by atoms with Crippen molar-refractivity contribution in [3.8, 4) is 11.5 Å². The molecule has 11 heteroatoms. The summed E-state index contributed by atoms with van der Waals surface area (Å²) in [7, 11) is -4.73. The van der Waals surface area contributed by atoms with Gasteiger partial charge in [0.05, 0.1) is 7.11 Å². The van der Waals surface area contributed by atoms with Crippen LogP contribution in [-0.2, 0) is 14.9 Å². The molecule has 2 aromatic rings. The summed E-state index contributed by atoms with van der Waals surface area (Å²) >= 11 is 2.07. The Morgan fingerprint density at radius 2 is 1.54 bits per heavy atom. The zero-order chi connectivity index (χ0) is 20.8. The Labute approximate surface area is 164 Å². The minimum Gasteiger partial charge on any atom is -0.437 e. The molecule has 154 valence electrons. The third kappa shape index (κ3) is 5.68. The number of rotatable bonds is 3. The molecular formula is C17H17F3O6S2. The average Bonchev–Trinajstić information content (AvgIpc) is 3.22. The van der Waals surface area contributed by atoms with E-state index in [1.165, 1.54) is 48.6 Å². The Bertz CT molecular complexity index is 917. The van der Waals surface area contributed by atoms with Crippen LogP contribution in [0.3, 0.4) is 0 Å². The van der Waals surface area contributed by atoms with Gasteiger partial charge in [-0.15, -0.1) is 0 Å². The molecule has 1 saturated heterocycles. The summed E-state index contributed by atoms with van der Waals surface area (Å²) in [6, 6.07) is 7.76. The van der Waals surface area contributed by atoms with Gasteiger partial charge in [-0.05, 0) is 36.5 Å². The van der Waals surface area contributed by atoms with Gasteiger partial charge in [0.15, 0.2) is 5.75 Å². The molecule has 1 aliphatic rings. The first-order valence-electron chi connectivity index (χ1n) is 8.02. The molecule has 0 spiro atoms. The third-order valence-electron chi connectivity index (χ3n) is 3.51. The second-order valence-corrected chi connectivity index (χ2v) is 8.23. The fourth-order valence-electron chi connectivity index (χ4n) is 2.21. The van der Waals surface area contributed by atoms with Crippen LogP contribution in [0, 0.1) is 0 Å². The zero-order valence-electron chi connectivity index (χ0n) is 14.7. The summed E-state index contributed by atoms with van der Waals surface area (Å²) < 4.78 is 72.8. The molecule has 0 N–H and O–H groups in total. The van der Waals surface area contributed by atoms with E-state index in [-0.39, 0.29) is 16.5 Å². The van der Waals surface area contributed by atoms with Crippen LogP contribution in [0.25, 0.3) is 10.8 Å². The summed E-state index contributed by atoms with van der Waals surface area (Å²) in [5.74, 6) is 2.26. The van der Waals surface area contributed by atoms with Gasteiger partial charge in [0.2, 0.25) is 0 Å². The number of thioether (sulfide) groups is 1. The largest absolute Gasteiger partial charge is 0.534 e. The van der Waals surface area contributed by atoms with Gasteiger partial charge in [-0.3, -0.25) is 0 Å². The molecule has 1 heterocycles. The predicted octanol–water partition coefficient (Wildman–Crippen LogP) is 4.73. The van der Waals surface area contributed by atoms with Crippen LogP contribution < -0.4 is 8.92 Å². The van der Waals surface area contributed by atoms with E-state index >= 15 is 0 Å². The van der Waals surface area contributed by atoms with E-state index in [4.69, 9.17) is 4.74 Å². The summed E-state index contributed by atoms with van der Waals surface area (Å²) in [5, 5.41) is 0.189. The summed E-state index contributed by atoms with van der Waals surface area (Å²) in [6.45, 7) is 0. The molecule has 2 aromatic carbocycles. The highest BCUT2D eigenvalue weighted by molar-refractivity contribution is 7.99. The van der Waals surface area contributed by atoms with Gasteiger partial charge in [0.25, 0.3) is 0 Å². The van der Waals surface area contributed by atoms with Crippen LogP contribution in [0.5, 0.6) is 11.5 Å². The van der Waals surface area contributed by atoms with Crippen LogP contribution in [0.2, 0.25) is 0 Å². The van der Waals surface area contributed by atoms with Crippen LogP contribution in [0.1, 0.15) is 12.8 Å². The number of ether oxygens (including phenoxy) is 2. The highest BCUT2D eigenvalue weighted by Crippen LogP contribution is 2.36. The maximum atomic E-state index is 12.4. The Balaban J connectivity index is 0.000000485. The van der Waals surface area contributed by atoms with Gasteiger partial charge >= 0.3 is 21.8 Å². The fraction of sp³-hybridized carbons (Fsp3) is 0.353. The highest BCUT2D eigenvalue weighted by Gasteiger charge is 2.48. The lowest BCUT2D eigenvalue weighted by Crippen LogP contribution is -2.28. The Morgan fingerprint density at radius 1 is 1.00 bits per heavy atom. The quantitative estimate of drug-likeness (QED) is 0.297. The highest BCUT2D eigenvalue weighted by atomic mass is 32.2. The zero-order valence-corrected chi connectivity index (χ0v) is 16.3. The van der Waals surface area contributed by atoms with Gasteiger partial charge < -0.3 is 13.7 Å². The molecular weight excluding hydrogens is 421 g/mol. The van der Waals surface area contributed by atoms with Crippen molar-refractivity contribution in [3.63, 3.8) is 0 Å². The molecule has 0 atom stereocenters. The molecule has 0 amide bonds. The van der Waals surface area contributed by atoms with Crippen molar-refractivity contribution in [3.05, 3.63) is 36.4 Å². The average molecular weight is 438 g/mol. The summed E-state index contributed by atoms with van der Waals surface area (Å²) in [6.07, 6.45) is 1.89.